The molecule has 0 saturated heterocycles. The average molecular weight is 242 g/mol. The molecule has 94 valence electrons. The van der Waals surface area contributed by atoms with Crippen molar-refractivity contribution in [2.24, 2.45) is 11.7 Å². The van der Waals surface area contributed by atoms with Crippen LogP contribution < -0.4 is 11.1 Å². The molecule has 18 heavy (non-hydrogen) atoms. The number of hydrogen-bond acceptors (Lipinski definition) is 2. The summed E-state index contributed by atoms with van der Waals surface area (Å²) in [4.78, 5) is 11.9. The summed E-state index contributed by atoms with van der Waals surface area (Å²) in [7, 11) is 0. The highest BCUT2D eigenvalue weighted by atomic mass is 16.2. The zero-order chi connectivity index (χ0) is 13.1. The lowest BCUT2D eigenvalue weighted by Gasteiger charge is -2.15. The first-order chi connectivity index (χ1) is 8.58. The lowest BCUT2D eigenvalue weighted by Crippen LogP contribution is -2.39. The van der Waals surface area contributed by atoms with Crippen LogP contribution >= 0.6 is 0 Å². The van der Waals surface area contributed by atoms with E-state index < -0.39 is 6.04 Å². The Bertz CT molecular complexity index is 563. The van der Waals surface area contributed by atoms with Crippen LogP contribution in [0.15, 0.2) is 42.5 Å². The Hall–Kier alpha value is -1.87. The smallest absolute Gasteiger partial charge is 0.241 e. The van der Waals surface area contributed by atoms with E-state index in [2.05, 4.69) is 5.32 Å². The molecule has 0 aromatic heterocycles. The minimum Gasteiger partial charge on any atom is -0.325 e. The second-order valence-electron chi connectivity index (χ2n) is 4.82. The van der Waals surface area contributed by atoms with Crippen molar-refractivity contribution >= 4 is 22.4 Å². The van der Waals surface area contributed by atoms with Gasteiger partial charge in [-0.25, -0.2) is 0 Å². The fraction of sp³-hybridized carbons (Fsp3) is 0.267. The first kappa shape index (κ1) is 12.6. The van der Waals surface area contributed by atoms with Gasteiger partial charge in [0.1, 0.15) is 0 Å². The van der Waals surface area contributed by atoms with Gasteiger partial charge in [-0.15, -0.1) is 0 Å². The maximum atomic E-state index is 11.9. The third-order valence-corrected chi connectivity index (χ3v) is 3.04. The summed E-state index contributed by atoms with van der Waals surface area (Å²) in [5.74, 6) is -0.00858. The number of fused-ring (bicyclic) bond motifs is 1. The monoisotopic (exact) mass is 242 g/mol. The molecule has 0 heterocycles. The summed E-state index contributed by atoms with van der Waals surface area (Å²) < 4.78 is 0. The molecule has 1 amide bonds. The summed E-state index contributed by atoms with van der Waals surface area (Å²) in [6, 6.07) is 13.4. The lowest BCUT2D eigenvalue weighted by molar-refractivity contribution is -0.118. The maximum absolute atomic E-state index is 11.9. The van der Waals surface area contributed by atoms with Gasteiger partial charge in [0.15, 0.2) is 0 Å². The van der Waals surface area contributed by atoms with E-state index in [1.807, 2.05) is 56.3 Å². The van der Waals surface area contributed by atoms with Crippen LogP contribution in [0.4, 0.5) is 5.69 Å². The minimum atomic E-state index is -0.475. The Morgan fingerprint density at radius 1 is 1.11 bits per heavy atom. The van der Waals surface area contributed by atoms with Crippen LogP contribution in [0.1, 0.15) is 13.8 Å². The summed E-state index contributed by atoms with van der Waals surface area (Å²) in [6.45, 7) is 3.87. The lowest BCUT2D eigenvalue weighted by atomic mass is 10.0. The van der Waals surface area contributed by atoms with Crippen molar-refractivity contribution in [2.75, 3.05) is 5.32 Å². The van der Waals surface area contributed by atoms with E-state index >= 15 is 0 Å². The Morgan fingerprint density at radius 3 is 2.44 bits per heavy atom. The van der Waals surface area contributed by atoms with Crippen molar-refractivity contribution in [2.45, 2.75) is 19.9 Å². The molecular weight excluding hydrogens is 224 g/mol. The SMILES string of the molecule is CC(C)[C@@H](N)C(=O)Nc1ccc2ccccc2c1. The van der Waals surface area contributed by atoms with Gasteiger partial charge in [0.2, 0.25) is 5.91 Å². The molecule has 2 rings (SSSR count). The van der Waals surface area contributed by atoms with Crippen molar-refractivity contribution in [3.05, 3.63) is 42.5 Å². The number of nitrogens with two attached hydrogens (primary N) is 1. The molecule has 3 N–H and O–H groups in total. The molecule has 0 aliphatic rings. The number of carbonyl (C=O) groups is 1. The first-order valence-corrected chi connectivity index (χ1v) is 6.13. The van der Waals surface area contributed by atoms with Gasteiger partial charge in [-0.1, -0.05) is 44.2 Å². The maximum Gasteiger partial charge on any atom is 0.241 e. The fourth-order valence-corrected chi connectivity index (χ4v) is 1.80. The highest BCUT2D eigenvalue weighted by Crippen LogP contribution is 2.19. The van der Waals surface area contributed by atoms with E-state index in [-0.39, 0.29) is 11.8 Å². The predicted molar refractivity (Wildman–Crippen MR) is 75.4 cm³/mol. The van der Waals surface area contributed by atoms with E-state index in [1.54, 1.807) is 0 Å². The minimum absolute atomic E-state index is 0.130. The zero-order valence-corrected chi connectivity index (χ0v) is 10.7. The van der Waals surface area contributed by atoms with Crippen molar-refractivity contribution < 1.29 is 4.79 Å². The third-order valence-electron chi connectivity index (χ3n) is 3.04. The Morgan fingerprint density at radius 2 is 1.78 bits per heavy atom. The number of amides is 1. The molecule has 1 atom stereocenters. The summed E-state index contributed by atoms with van der Waals surface area (Å²) >= 11 is 0. The standard InChI is InChI=1S/C15H18N2O/c1-10(2)14(16)15(18)17-13-8-7-11-5-3-4-6-12(11)9-13/h3-10,14H,16H2,1-2H3,(H,17,18)/t14-/m1/s1. The van der Waals surface area contributed by atoms with Gasteiger partial charge in [-0.2, -0.15) is 0 Å². The van der Waals surface area contributed by atoms with Crippen LogP contribution in [-0.4, -0.2) is 11.9 Å². The van der Waals surface area contributed by atoms with E-state index in [9.17, 15) is 4.79 Å². The quantitative estimate of drug-likeness (QED) is 0.869. The fourth-order valence-electron chi connectivity index (χ4n) is 1.80. The van der Waals surface area contributed by atoms with Crippen molar-refractivity contribution in [3.8, 4) is 0 Å². The van der Waals surface area contributed by atoms with Gasteiger partial charge in [0, 0.05) is 5.69 Å². The third kappa shape index (κ3) is 2.68. The van der Waals surface area contributed by atoms with Gasteiger partial charge in [0.05, 0.1) is 6.04 Å². The highest BCUT2D eigenvalue weighted by molar-refractivity contribution is 5.97. The highest BCUT2D eigenvalue weighted by Gasteiger charge is 2.17. The zero-order valence-electron chi connectivity index (χ0n) is 10.7. The van der Waals surface area contributed by atoms with Crippen LogP contribution in [-0.2, 0) is 4.79 Å². The molecule has 0 saturated carbocycles. The molecule has 0 unspecified atom stereocenters. The first-order valence-electron chi connectivity index (χ1n) is 6.13. The van der Waals surface area contributed by atoms with Crippen molar-refractivity contribution in [3.63, 3.8) is 0 Å². The number of rotatable bonds is 3. The van der Waals surface area contributed by atoms with Crippen molar-refractivity contribution in [1.29, 1.82) is 0 Å². The van der Waals surface area contributed by atoms with Gasteiger partial charge >= 0.3 is 0 Å². The van der Waals surface area contributed by atoms with Crippen LogP contribution in [0.5, 0.6) is 0 Å². The van der Waals surface area contributed by atoms with E-state index in [0.29, 0.717) is 0 Å². The molecule has 3 heteroatoms. The van der Waals surface area contributed by atoms with Gasteiger partial charge in [-0.3, -0.25) is 4.79 Å². The molecule has 2 aromatic rings. The molecule has 2 aromatic carbocycles. The predicted octanol–water partition coefficient (Wildman–Crippen LogP) is 2.76. The largest absolute Gasteiger partial charge is 0.325 e. The van der Waals surface area contributed by atoms with E-state index in [0.717, 1.165) is 16.5 Å². The van der Waals surface area contributed by atoms with Crippen LogP contribution in [0, 0.1) is 5.92 Å². The van der Waals surface area contributed by atoms with Crippen LogP contribution in [0.3, 0.4) is 0 Å². The summed E-state index contributed by atoms with van der Waals surface area (Å²) in [5, 5.41) is 5.11. The molecular formula is C15H18N2O. The molecule has 0 aliphatic carbocycles. The Kier molecular flexibility index (Phi) is 3.63. The molecule has 0 bridgehead atoms. The van der Waals surface area contributed by atoms with E-state index in [1.165, 1.54) is 0 Å². The van der Waals surface area contributed by atoms with Crippen molar-refractivity contribution in [1.82, 2.24) is 0 Å². The molecule has 0 fully saturated rings. The normalized spacial score (nSPS) is 12.7. The average Bonchev–Trinajstić information content (AvgIpc) is 2.37. The number of anilines is 1. The van der Waals surface area contributed by atoms with Gasteiger partial charge in [-0.05, 0) is 28.8 Å². The molecule has 3 nitrogen and oxygen atoms in total. The van der Waals surface area contributed by atoms with Gasteiger partial charge in [0.25, 0.3) is 0 Å². The number of hydrogen-bond donors (Lipinski definition) is 2. The van der Waals surface area contributed by atoms with E-state index in [4.69, 9.17) is 5.73 Å². The second kappa shape index (κ2) is 5.19. The Labute approximate surface area is 107 Å². The number of benzene rings is 2. The summed E-state index contributed by atoms with van der Waals surface area (Å²) in [6.07, 6.45) is 0. The van der Waals surface area contributed by atoms with Gasteiger partial charge < -0.3 is 11.1 Å². The Balaban J connectivity index is 2.19. The molecule has 0 spiro atoms. The van der Waals surface area contributed by atoms with Crippen LogP contribution in [0.2, 0.25) is 0 Å². The molecule has 0 radical (unpaired) electrons. The number of carbonyl (C=O) groups excluding carboxylic acids is 1. The topological polar surface area (TPSA) is 55.1 Å². The molecule has 0 aliphatic heterocycles. The summed E-state index contributed by atoms with van der Waals surface area (Å²) in [5.41, 5.74) is 6.60. The number of nitrogens with one attached hydrogen (secondary N) is 1. The second-order valence-corrected chi connectivity index (χ2v) is 4.82. The van der Waals surface area contributed by atoms with Crippen LogP contribution in [0.25, 0.3) is 10.8 Å².